The molecule has 2 aromatic carbocycles. The maximum Gasteiger partial charge on any atom is 0.413 e. The van der Waals surface area contributed by atoms with Gasteiger partial charge in [0.25, 0.3) is 0 Å². The minimum absolute atomic E-state index is 0.0488. The number of amides is 1. The number of carbonyl (C=O) groups is 1. The first-order valence-electron chi connectivity index (χ1n) is 8.07. The van der Waals surface area contributed by atoms with Gasteiger partial charge in [0.05, 0.1) is 6.20 Å². The maximum atomic E-state index is 13.8. The topological polar surface area (TPSA) is 73.3 Å². The fourth-order valence-corrected chi connectivity index (χ4v) is 2.19. The predicted molar refractivity (Wildman–Crippen MR) is 92.9 cm³/mol. The number of nitrogens with zero attached hydrogens (tertiary/aromatic N) is 2. The summed E-state index contributed by atoms with van der Waals surface area (Å²) in [5, 5.41) is 2.12. The summed E-state index contributed by atoms with van der Waals surface area (Å²) in [6.45, 7) is -0.258. The van der Waals surface area contributed by atoms with Gasteiger partial charge < -0.3 is 9.47 Å². The van der Waals surface area contributed by atoms with Gasteiger partial charge in [0.1, 0.15) is 24.8 Å². The molecule has 9 heteroatoms. The standard InChI is InChI=1S/C19H14F3N3O3/c20-14-5-1-3-12(7-14)10-27-18-23-9-16(22)17(24-18)25-19(26)28-11-13-4-2-6-15(21)8-13/h1-9H,10-11H2,(H,23,24,25,26). The van der Waals surface area contributed by atoms with Crippen molar-refractivity contribution in [2.45, 2.75) is 13.2 Å². The van der Waals surface area contributed by atoms with Crippen molar-refractivity contribution in [3.63, 3.8) is 0 Å². The largest absolute Gasteiger partial charge is 0.459 e. The molecule has 1 amide bonds. The van der Waals surface area contributed by atoms with E-state index in [1.54, 1.807) is 12.1 Å². The van der Waals surface area contributed by atoms with Gasteiger partial charge in [-0.3, -0.25) is 5.32 Å². The summed E-state index contributed by atoms with van der Waals surface area (Å²) < 4.78 is 50.2. The Kier molecular flexibility index (Phi) is 6.05. The van der Waals surface area contributed by atoms with Crippen molar-refractivity contribution in [3.8, 4) is 6.01 Å². The highest BCUT2D eigenvalue weighted by Gasteiger charge is 2.13. The summed E-state index contributed by atoms with van der Waals surface area (Å²) in [6, 6.07) is 11.0. The number of nitrogens with one attached hydrogen (secondary N) is 1. The van der Waals surface area contributed by atoms with E-state index >= 15 is 0 Å². The molecule has 3 aromatic rings. The fraction of sp³-hybridized carbons (Fsp3) is 0.105. The summed E-state index contributed by atoms with van der Waals surface area (Å²) in [7, 11) is 0. The number of rotatable bonds is 6. The van der Waals surface area contributed by atoms with Crippen LogP contribution in [0.1, 0.15) is 11.1 Å². The van der Waals surface area contributed by atoms with Crippen molar-refractivity contribution >= 4 is 11.9 Å². The molecule has 0 spiro atoms. The zero-order valence-electron chi connectivity index (χ0n) is 14.4. The first kappa shape index (κ1) is 19.2. The van der Waals surface area contributed by atoms with Crippen LogP contribution in [0.5, 0.6) is 6.01 Å². The van der Waals surface area contributed by atoms with E-state index in [-0.39, 0.29) is 19.2 Å². The average Bonchev–Trinajstić information content (AvgIpc) is 2.67. The van der Waals surface area contributed by atoms with Gasteiger partial charge in [-0.15, -0.1) is 0 Å². The molecule has 0 saturated heterocycles. The van der Waals surface area contributed by atoms with E-state index in [1.807, 2.05) is 0 Å². The minimum Gasteiger partial charge on any atom is -0.459 e. The molecule has 0 aliphatic rings. The molecule has 6 nitrogen and oxygen atoms in total. The lowest BCUT2D eigenvalue weighted by Crippen LogP contribution is -2.16. The Morgan fingerprint density at radius 3 is 2.25 bits per heavy atom. The van der Waals surface area contributed by atoms with Gasteiger partial charge in [0.2, 0.25) is 0 Å². The molecular formula is C19H14F3N3O3. The molecule has 0 aliphatic carbocycles. The van der Waals surface area contributed by atoms with Crippen LogP contribution in [0.3, 0.4) is 0 Å². The first-order chi connectivity index (χ1) is 13.5. The molecule has 0 aliphatic heterocycles. The second kappa shape index (κ2) is 8.85. The number of halogens is 3. The van der Waals surface area contributed by atoms with Gasteiger partial charge in [0.15, 0.2) is 11.6 Å². The number of anilines is 1. The third kappa shape index (κ3) is 5.44. The highest BCUT2D eigenvalue weighted by Crippen LogP contribution is 2.15. The van der Waals surface area contributed by atoms with Gasteiger partial charge in [-0.1, -0.05) is 24.3 Å². The van der Waals surface area contributed by atoms with Crippen LogP contribution < -0.4 is 10.1 Å². The molecule has 144 valence electrons. The molecule has 1 N–H and O–H groups in total. The number of benzene rings is 2. The Morgan fingerprint density at radius 2 is 1.61 bits per heavy atom. The smallest absolute Gasteiger partial charge is 0.413 e. The van der Waals surface area contributed by atoms with E-state index < -0.39 is 29.4 Å². The predicted octanol–water partition coefficient (Wildman–Crippen LogP) is 4.22. The molecule has 1 heterocycles. The Balaban J connectivity index is 1.58. The van der Waals surface area contributed by atoms with E-state index in [1.165, 1.54) is 36.4 Å². The molecule has 0 unspecified atom stereocenters. The number of carbonyl (C=O) groups excluding carboxylic acids is 1. The fourth-order valence-electron chi connectivity index (χ4n) is 2.19. The van der Waals surface area contributed by atoms with Crippen molar-refractivity contribution in [2.75, 3.05) is 5.32 Å². The van der Waals surface area contributed by atoms with Crippen LogP contribution in [-0.4, -0.2) is 16.1 Å². The lowest BCUT2D eigenvalue weighted by Gasteiger charge is -2.09. The number of hydrogen-bond acceptors (Lipinski definition) is 5. The van der Waals surface area contributed by atoms with Crippen molar-refractivity contribution in [2.24, 2.45) is 0 Å². The third-order valence-corrected chi connectivity index (χ3v) is 3.46. The van der Waals surface area contributed by atoms with Crippen LogP contribution in [0.25, 0.3) is 0 Å². The second-order valence-corrected chi connectivity index (χ2v) is 5.60. The molecule has 0 fully saturated rings. The van der Waals surface area contributed by atoms with Crippen LogP contribution in [0.4, 0.5) is 23.8 Å². The number of ether oxygens (including phenoxy) is 2. The molecular weight excluding hydrogens is 375 g/mol. The molecule has 3 rings (SSSR count). The lowest BCUT2D eigenvalue weighted by atomic mass is 10.2. The number of aromatic nitrogens is 2. The molecule has 0 radical (unpaired) electrons. The summed E-state index contributed by atoms with van der Waals surface area (Å²) in [5.74, 6) is -2.25. The quantitative estimate of drug-likeness (QED) is 0.683. The monoisotopic (exact) mass is 389 g/mol. The van der Waals surface area contributed by atoms with Crippen LogP contribution in [0, 0.1) is 17.5 Å². The van der Waals surface area contributed by atoms with Crippen molar-refractivity contribution in [1.29, 1.82) is 0 Å². The molecule has 0 atom stereocenters. The lowest BCUT2D eigenvalue weighted by molar-refractivity contribution is 0.154. The molecule has 1 aromatic heterocycles. The molecule has 0 bridgehead atoms. The van der Waals surface area contributed by atoms with Gasteiger partial charge in [-0.25, -0.2) is 22.9 Å². The highest BCUT2D eigenvalue weighted by atomic mass is 19.1. The highest BCUT2D eigenvalue weighted by molar-refractivity contribution is 5.83. The van der Waals surface area contributed by atoms with Gasteiger partial charge in [-0.2, -0.15) is 4.98 Å². The van der Waals surface area contributed by atoms with E-state index in [0.717, 1.165) is 6.20 Å². The molecule has 0 saturated carbocycles. The summed E-state index contributed by atoms with van der Waals surface area (Å²) in [5.41, 5.74) is 0.953. The van der Waals surface area contributed by atoms with Crippen LogP contribution in [0.2, 0.25) is 0 Å². The Labute approximate surface area is 158 Å². The van der Waals surface area contributed by atoms with Crippen LogP contribution >= 0.6 is 0 Å². The summed E-state index contributed by atoms with van der Waals surface area (Å²) in [6.07, 6.45) is -0.172. The Bertz CT molecular complexity index is 985. The SMILES string of the molecule is O=C(Nc1nc(OCc2cccc(F)c2)ncc1F)OCc1cccc(F)c1. The zero-order chi connectivity index (χ0) is 19.9. The van der Waals surface area contributed by atoms with Gasteiger partial charge >= 0.3 is 12.1 Å². The van der Waals surface area contributed by atoms with Gasteiger partial charge in [0, 0.05) is 0 Å². The minimum atomic E-state index is -0.988. The van der Waals surface area contributed by atoms with E-state index in [0.29, 0.717) is 11.1 Å². The van der Waals surface area contributed by atoms with Crippen LogP contribution in [0.15, 0.2) is 54.7 Å². The summed E-state index contributed by atoms with van der Waals surface area (Å²) >= 11 is 0. The van der Waals surface area contributed by atoms with E-state index in [4.69, 9.17) is 9.47 Å². The maximum absolute atomic E-state index is 13.8. The third-order valence-electron chi connectivity index (χ3n) is 3.46. The average molecular weight is 389 g/mol. The Hall–Kier alpha value is -3.62. The zero-order valence-corrected chi connectivity index (χ0v) is 14.4. The summed E-state index contributed by atoms with van der Waals surface area (Å²) in [4.78, 5) is 19.2. The molecule has 28 heavy (non-hydrogen) atoms. The van der Waals surface area contributed by atoms with Crippen molar-refractivity contribution < 1.29 is 27.4 Å². The number of hydrogen-bond donors (Lipinski definition) is 1. The van der Waals surface area contributed by atoms with Crippen molar-refractivity contribution in [1.82, 2.24) is 9.97 Å². The van der Waals surface area contributed by atoms with Crippen molar-refractivity contribution in [3.05, 3.63) is 83.3 Å². The normalized spacial score (nSPS) is 10.4. The van der Waals surface area contributed by atoms with Crippen LogP contribution in [-0.2, 0) is 18.0 Å². The van der Waals surface area contributed by atoms with Gasteiger partial charge in [-0.05, 0) is 35.4 Å². The first-order valence-corrected chi connectivity index (χ1v) is 8.07. The van der Waals surface area contributed by atoms with E-state index in [2.05, 4.69) is 15.3 Å². The second-order valence-electron chi connectivity index (χ2n) is 5.60. The van der Waals surface area contributed by atoms with E-state index in [9.17, 15) is 18.0 Å². The Morgan fingerprint density at radius 1 is 0.964 bits per heavy atom.